The van der Waals surface area contributed by atoms with E-state index >= 15 is 0 Å². The molecule has 1 amide bonds. The van der Waals surface area contributed by atoms with Gasteiger partial charge < -0.3 is 20.1 Å². The zero-order valence-corrected chi connectivity index (χ0v) is 12.2. The third-order valence-electron chi connectivity index (χ3n) is 3.24. The van der Waals surface area contributed by atoms with Crippen molar-refractivity contribution in [2.75, 3.05) is 33.4 Å². The number of methoxy groups -OCH3 is 1. The molecule has 110 valence electrons. The van der Waals surface area contributed by atoms with Crippen LogP contribution in [0.4, 0.5) is 0 Å². The predicted molar refractivity (Wildman–Crippen MR) is 76.8 cm³/mol. The molecular formula is C14H19ClN2O3. The van der Waals surface area contributed by atoms with Crippen LogP contribution < -0.4 is 10.6 Å². The van der Waals surface area contributed by atoms with Gasteiger partial charge in [0, 0.05) is 30.8 Å². The van der Waals surface area contributed by atoms with E-state index in [9.17, 15) is 4.79 Å². The minimum absolute atomic E-state index is 0.0844. The molecule has 0 bridgehead atoms. The van der Waals surface area contributed by atoms with Gasteiger partial charge in [0.1, 0.15) is 12.1 Å². The molecule has 0 aromatic heterocycles. The van der Waals surface area contributed by atoms with Crippen LogP contribution in [0.3, 0.4) is 0 Å². The maximum atomic E-state index is 12.0. The Bertz CT molecular complexity index is 450. The molecule has 0 radical (unpaired) electrons. The Kier molecular flexibility index (Phi) is 5.79. The zero-order chi connectivity index (χ0) is 14.4. The van der Waals surface area contributed by atoms with E-state index in [0.29, 0.717) is 31.3 Å². The number of carbonyl (C=O) groups is 1. The second kappa shape index (κ2) is 7.59. The third-order valence-corrected chi connectivity index (χ3v) is 3.58. The van der Waals surface area contributed by atoms with Crippen LogP contribution in [0.25, 0.3) is 0 Å². The Balaban J connectivity index is 1.90. The van der Waals surface area contributed by atoms with Gasteiger partial charge in [-0.2, -0.15) is 0 Å². The monoisotopic (exact) mass is 298 g/mol. The predicted octanol–water partition coefficient (Wildman–Crippen LogP) is 1.13. The second-order valence-corrected chi connectivity index (χ2v) is 4.98. The highest BCUT2D eigenvalue weighted by Crippen LogP contribution is 2.24. The lowest BCUT2D eigenvalue weighted by Gasteiger charge is -2.24. The highest BCUT2D eigenvalue weighted by Gasteiger charge is 2.22. The fourth-order valence-corrected chi connectivity index (χ4v) is 2.36. The van der Waals surface area contributed by atoms with Gasteiger partial charge >= 0.3 is 0 Å². The number of morpholine rings is 1. The zero-order valence-electron chi connectivity index (χ0n) is 11.4. The molecule has 1 fully saturated rings. The first kappa shape index (κ1) is 15.3. The number of rotatable bonds is 5. The average Bonchev–Trinajstić information content (AvgIpc) is 2.50. The van der Waals surface area contributed by atoms with Gasteiger partial charge in [0.15, 0.2) is 0 Å². The molecule has 1 aromatic rings. The summed E-state index contributed by atoms with van der Waals surface area (Å²) in [7, 11) is 1.60. The van der Waals surface area contributed by atoms with E-state index in [1.165, 1.54) is 0 Å². The number of ether oxygens (including phenoxy) is 2. The molecule has 20 heavy (non-hydrogen) atoms. The lowest BCUT2D eigenvalue weighted by molar-refractivity contribution is -0.126. The maximum absolute atomic E-state index is 12.0. The molecule has 0 spiro atoms. The van der Waals surface area contributed by atoms with E-state index < -0.39 is 0 Å². The van der Waals surface area contributed by atoms with Crippen molar-refractivity contribution in [3.8, 4) is 0 Å². The number of amides is 1. The van der Waals surface area contributed by atoms with Crippen LogP contribution in [-0.4, -0.2) is 45.4 Å². The summed E-state index contributed by atoms with van der Waals surface area (Å²) >= 11 is 6.14. The summed E-state index contributed by atoms with van der Waals surface area (Å²) in [5.74, 6) is -0.0844. The van der Waals surface area contributed by atoms with Gasteiger partial charge in [-0.3, -0.25) is 4.79 Å². The number of halogens is 1. The smallest absolute Gasteiger partial charge is 0.239 e. The van der Waals surface area contributed by atoms with E-state index in [2.05, 4.69) is 10.6 Å². The summed E-state index contributed by atoms with van der Waals surface area (Å²) in [6.45, 7) is 2.10. The third kappa shape index (κ3) is 3.93. The first-order valence-electron chi connectivity index (χ1n) is 6.58. The fraction of sp³-hybridized carbons (Fsp3) is 0.500. The second-order valence-electron chi connectivity index (χ2n) is 4.57. The Morgan fingerprint density at radius 2 is 2.40 bits per heavy atom. The molecule has 0 unspecified atom stereocenters. The van der Waals surface area contributed by atoms with Crippen LogP contribution in [0.2, 0.25) is 5.02 Å². The summed E-state index contributed by atoms with van der Waals surface area (Å²) in [5.41, 5.74) is 0.866. The van der Waals surface area contributed by atoms with Crippen molar-refractivity contribution in [2.45, 2.75) is 12.1 Å². The van der Waals surface area contributed by atoms with Gasteiger partial charge in [0.05, 0.1) is 13.2 Å². The number of carbonyl (C=O) groups excluding carboxylic acids is 1. The van der Waals surface area contributed by atoms with Crippen LogP contribution in [0.1, 0.15) is 11.7 Å². The molecule has 6 heteroatoms. The summed E-state index contributed by atoms with van der Waals surface area (Å²) in [6, 6.07) is 7.16. The number of hydrogen-bond acceptors (Lipinski definition) is 4. The molecule has 2 rings (SSSR count). The largest absolute Gasteiger partial charge is 0.378 e. The van der Waals surface area contributed by atoms with Crippen LogP contribution in [0.15, 0.2) is 24.3 Å². The number of nitrogens with one attached hydrogen (secondary N) is 2. The summed E-state index contributed by atoms with van der Waals surface area (Å²) in [4.78, 5) is 12.0. The molecule has 2 atom stereocenters. The standard InChI is InChI=1S/C14H19ClN2O3/c1-19-13(10-4-2-3-5-11(10)15)8-17-14(18)12-9-20-7-6-16-12/h2-5,12-13,16H,6-9H2,1H3,(H,17,18)/t12-,13+/m0/s1. The lowest BCUT2D eigenvalue weighted by atomic mass is 10.1. The van der Waals surface area contributed by atoms with Crippen molar-refractivity contribution < 1.29 is 14.3 Å². The quantitative estimate of drug-likeness (QED) is 0.856. The fourth-order valence-electron chi connectivity index (χ4n) is 2.11. The van der Waals surface area contributed by atoms with E-state index in [1.54, 1.807) is 13.2 Å². The van der Waals surface area contributed by atoms with Gasteiger partial charge in [-0.05, 0) is 6.07 Å². The van der Waals surface area contributed by atoms with Gasteiger partial charge in [-0.15, -0.1) is 0 Å². The molecule has 1 aliphatic rings. The topological polar surface area (TPSA) is 59.6 Å². The van der Waals surface area contributed by atoms with Crippen LogP contribution >= 0.6 is 11.6 Å². The molecule has 1 aliphatic heterocycles. The molecule has 0 saturated carbocycles. The molecule has 1 heterocycles. The van der Waals surface area contributed by atoms with Crippen molar-refractivity contribution in [1.82, 2.24) is 10.6 Å². The minimum atomic E-state index is -0.299. The molecule has 0 aliphatic carbocycles. The van der Waals surface area contributed by atoms with Crippen LogP contribution in [0, 0.1) is 0 Å². The Labute approximate surface area is 123 Å². The van der Waals surface area contributed by atoms with Crippen molar-refractivity contribution in [2.24, 2.45) is 0 Å². The molecular weight excluding hydrogens is 280 g/mol. The van der Waals surface area contributed by atoms with Crippen molar-refractivity contribution >= 4 is 17.5 Å². The van der Waals surface area contributed by atoms with Gasteiger partial charge in [0.2, 0.25) is 5.91 Å². The summed E-state index contributed by atoms with van der Waals surface area (Å²) in [6.07, 6.45) is -0.267. The molecule has 5 nitrogen and oxygen atoms in total. The molecule has 2 N–H and O–H groups in total. The maximum Gasteiger partial charge on any atom is 0.239 e. The number of hydrogen-bond donors (Lipinski definition) is 2. The average molecular weight is 299 g/mol. The number of benzene rings is 1. The summed E-state index contributed by atoms with van der Waals surface area (Å²) in [5, 5.41) is 6.60. The van der Waals surface area contributed by atoms with Crippen LogP contribution in [-0.2, 0) is 14.3 Å². The minimum Gasteiger partial charge on any atom is -0.378 e. The van der Waals surface area contributed by atoms with E-state index in [-0.39, 0.29) is 18.1 Å². The molecule has 1 saturated heterocycles. The van der Waals surface area contributed by atoms with E-state index in [4.69, 9.17) is 21.1 Å². The highest BCUT2D eigenvalue weighted by atomic mass is 35.5. The van der Waals surface area contributed by atoms with Crippen molar-refractivity contribution in [3.63, 3.8) is 0 Å². The van der Waals surface area contributed by atoms with E-state index in [1.807, 2.05) is 18.2 Å². The van der Waals surface area contributed by atoms with Gasteiger partial charge in [-0.25, -0.2) is 0 Å². The Morgan fingerprint density at radius 3 is 3.05 bits per heavy atom. The first-order valence-corrected chi connectivity index (χ1v) is 6.96. The van der Waals surface area contributed by atoms with E-state index in [0.717, 1.165) is 5.56 Å². The molecule has 1 aromatic carbocycles. The Morgan fingerprint density at radius 1 is 1.60 bits per heavy atom. The van der Waals surface area contributed by atoms with Crippen molar-refractivity contribution in [1.29, 1.82) is 0 Å². The van der Waals surface area contributed by atoms with Crippen molar-refractivity contribution in [3.05, 3.63) is 34.9 Å². The van der Waals surface area contributed by atoms with Gasteiger partial charge in [-0.1, -0.05) is 29.8 Å². The highest BCUT2D eigenvalue weighted by molar-refractivity contribution is 6.31. The summed E-state index contributed by atoms with van der Waals surface area (Å²) < 4.78 is 10.7. The SMILES string of the molecule is CO[C@H](CNC(=O)[C@@H]1COCCN1)c1ccccc1Cl. The van der Waals surface area contributed by atoms with Crippen LogP contribution in [0.5, 0.6) is 0 Å². The normalized spacial score (nSPS) is 20.4. The lowest BCUT2D eigenvalue weighted by Crippen LogP contribution is -2.51. The Hall–Kier alpha value is -1.14. The first-order chi connectivity index (χ1) is 9.72. The van der Waals surface area contributed by atoms with Gasteiger partial charge in [0.25, 0.3) is 0 Å².